The minimum atomic E-state index is -0.523. The van der Waals surface area contributed by atoms with Crippen molar-refractivity contribution in [1.29, 1.82) is 0 Å². The molecule has 0 unspecified atom stereocenters. The van der Waals surface area contributed by atoms with E-state index >= 15 is 0 Å². The van der Waals surface area contributed by atoms with Crippen molar-refractivity contribution in [2.24, 2.45) is 0 Å². The number of hydrogen-bond acceptors (Lipinski definition) is 6. The minimum absolute atomic E-state index is 0.0318. The van der Waals surface area contributed by atoms with Gasteiger partial charge in [-0.25, -0.2) is 9.50 Å². The quantitative estimate of drug-likeness (QED) is 0.773. The molecule has 0 aliphatic carbocycles. The second-order valence-corrected chi connectivity index (χ2v) is 6.99. The summed E-state index contributed by atoms with van der Waals surface area (Å²) in [5.74, 6) is -0.230. The van der Waals surface area contributed by atoms with Gasteiger partial charge in [0.25, 0.3) is 5.91 Å². The van der Waals surface area contributed by atoms with Crippen LogP contribution in [0.3, 0.4) is 0 Å². The molecule has 1 N–H and O–H groups in total. The summed E-state index contributed by atoms with van der Waals surface area (Å²) in [4.78, 5) is 34.3. The highest BCUT2D eigenvalue weighted by molar-refractivity contribution is 6.02. The molecule has 0 radical (unpaired) electrons. The van der Waals surface area contributed by atoms with Crippen LogP contribution in [0.1, 0.15) is 21.7 Å². The molecule has 9 nitrogen and oxygen atoms in total. The highest BCUT2D eigenvalue weighted by Crippen LogP contribution is 2.18. The van der Waals surface area contributed by atoms with Crippen LogP contribution in [-0.4, -0.2) is 88.2 Å². The van der Waals surface area contributed by atoms with Crippen molar-refractivity contribution in [3.8, 4) is 0 Å². The summed E-state index contributed by atoms with van der Waals surface area (Å²) in [5.41, 5.74) is 2.71. The van der Waals surface area contributed by atoms with Crippen molar-refractivity contribution in [2.45, 2.75) is 19.9 Å². The summed E-state index contributed by atoms with van der Waals surface area (Å²) in [6, 6.07) is 1.40. The van der Waals surface area contributed by atoms with Gasteiger partial charge in [-0.3, -0.25) is 9.59 Å². The van der Waals surface area contributed by atoms with E-state index in [1.165, 1.54) is 0 Å². The van der Waals surface area contributed by atoms with Gasteiger partial charge in [0.1, 0.15) is 11.6 Å². The van der Waals surface area contributed by atoms with Crippen LogP contribution < -0.4 is 5.32 Å². The number of amides is 2. The summed E-state index contributed by atoms with van der Waals surface area (Å²) < 4.78 is 7.00. The fourth-order valence-electron chi connectivity index (χ4n) is 3.74. The van der Waals surface area contributed by atoms with E-state index in [4.69, 9.17) is 4.74 Å². The van der Waals surface area contributed by atoms with Crippen molar-refractivity contribution in [3.05, 3.63) is 29.2 Å². The summed E-state index contributed by atoms with van der Waals surface area (Å²) >= 11 is 0. The third-order valence-electron chi connectivity index (χ3n) is 5.12. The maximum atomic E-state index is 13.3. The van der Waals surface area contributed by atoms with Gasteiger partial charge < -0.3 is 19.9 Å². The number of fused-ring (bicyclic) bond motifs is 1. The molecule has 4 rings (SSSR count). The zero-order valence-electron chi connectivity index (χ0n) is 15.6. The number of piperazine rings is 1. The van der Waals surface area contributed by atoms with Crippen molar-refractivity contribution in [3.63, 3.8) is 0 Å². The molecule has 4 heterocycles. The van der Waals surface area contributed by atoms with Crippen molar-refractivity contribution < 1.29 is 14.3 Å². The second-order valence-electron chi connectivity index (χ2n) is 6.99. The highest BCUT2D eigenvalue weighted by Gasteiger charge is 2.36. The molecule has 0 spiro atoms. The Morgan fingerprint density at radius 3 is 2.78 bits per heavy atom. The second kappa shape index (κ2) is 7.24. The molecular weight excluding hydrogens is 348 g/mol. The normalized spacial score (nSPS) is 20.9. The fraction of sp³-hybridized carbons (Fsp3) is 0.556. The summed E-state index contributed by atoms with van der Waals surface area (Å²) in [6.45, 7) is 7.61. The Kier molecular flexibility index (Phi) is 4.79. The average Bonchev–Trinajstić information content (AvgIpc) is 3.11. The van der Waals surface area contributed by atoms with Gasteiger partial charge in [-0.2, -0.15) is 5.10 Å². The van der Waals surface area contributed by atoms with E-state index in [-0.39, 0.29) is 11.8 Å². The number of rotatable bonds is 2. The molecule has 27 heavy (non-hydrogen) atoms. The van der Waals surface area contributed by atoms with Crippen LogP contribution in [0.5, 0.6) is 0 Å². The van der Waals surface area contributed by atoms with Crippen LogP contribution in [-0.2, 0) is 9.53 Å². The van der Waals surface area contributed by atoms with Crippen LogP contribution in [0.15, 0.2) is 12.3 Å². The number of nitrogens with zero attached hydrogens (tertiary/aromatic N) is 5. The van der Waals surface area contributed by atoms with Crippen molar-refractivity contribution in [2.75, 3.05) is 45.9 Å². The van der Waals surface area contributed by atoms with E-state index in [9.17, 15) is 9.59 Å². The first-order valence-electron chi connectivity index (χ1n) is 9.26. The number of hydrogen-bond donors (Lipinski definition) is 1. The van der Waals surface area contributed by atoms with Gasteiger partial charge >= 0.3 is 0 Å². The van der Waals surface area contributed by atoms with Crippen molar-refractivity contribution >= 4 is 17.5 Å². The molecule has 0 aromatic carbocycles. The molecule has 9 heteroatoms. The summed E-state index contributed by atoms with van der Waals surface area (Å²) in [6.07, 6.45) is 1.55. The van der Waals surface area contributed by atoms with E-state index < -0.39 is 6.04 Å². The van der Waals surface area contributed by atoms with Crippen LogP contribution in [0.25, 0.3) is 5.65 Å². The van der Waals surface area contributed by atoms with Gasteiger partial charge in [0, 0.05) is 44.1 Å². The highest BCUT2D eigenvalue weighted by atomic mass is 16.5. The lowest BCUT2D eigenvalue weighted by Crippen LogP contribution is -2.61. The van der Waals surface area contributed by atoms with E-state index in [1.54, 1.807) is 20.5 Å². The Morgan fingerprint density at radius 1 is 1.22 bits per heavy atom. The van der Waals surface area contributed by atoms with Gasteiger partial charge in [-0.1, -0.05) is 0 Å². The Morgan fingerprint density at radius 2 is 2.00 bits per heavy atom. The Bertz CT molecular complexity index is 873. The molecule has 0 bridgehead atoms. The van der Waals surface area contributed by atoms with Gasteiger partial charge in [0.05, 0.1) is 19.4 Å². The molecular formula is C18H24N6O3. The molecule has 2 aliphatic rings. The summed E-state index contributed by atoms with van der Waals surface area (Å²) in [5, 5.41) is 7.55. The first-order chi connectivity index (χ1) is 13.1. The number of nitrogens with one attached hydrogen (secondary N) is 1. The zero-order chi connectivity index (χ0) is 19.0. The lowest BCUT2D eigenvalue weighted by atomic mass is 10.1. The maximum absolute atomic E-state index is 13.3. The summed E-state index contributed by atoms with van der Waals surface area (Å²) in [7, 11) is 0. The number of aromatic nitrogens is 3. The fourth-order valence-corrected chi connectivity index (χ4v) is 3.74. The molecule has 144 valence electrons. The van der Waals surface area contributed by atoms with Crippen LogP contribution in [0, 0.1) is 13.8 Å². The lowest BCUT2D eigenvalue weighted by molar-refractivity contribution is -0.140. The van der Waals surface area contributed by atoms with Crippen LogP contribution >= 0.6 is 0 Å². The SMILES string of the molecule is Cc1cc(C)n2ncc(C(=O)N3CCNC[C@@H]3C(=O)N3CCOCC3)c2n1. The monoisotopic (exact) mass is 372 g/mol. The predicted octanol–water partition coefficient (Wildman–Crippen LogP) is -0.381. The molecule has 2 aromatic heterocycles. The first-order valence-corrected chi connectivity index (χ1v) is 9.26. The molecule has 2 aromatic rings. The number of aryl methyl sites for hydroxylation is 2. The molecule has 0 saturated carbocycles. The zero-order valence-corrected chi connectivity index (χ0v) is 15.6. The van der Waals surface area contributed by atoms with Crippen molar-refractivity contribution in [1.82, 2.24) is 29.7 Å². The number of carbonyl (C=O) groups excluding carboxylic acids is 2. The molecule has 2 fully saturated rings. The minimum Gasteiger partial charge on any atom is -0.378 e. The van der Waals surface area contributed by atoms with E-state index in [1.807, 2.05) is 19.9 Å². The number of carbonyl (C=O) groups is 2. The molecule has 2 aliphatic heterocycles. The van der Waals surface area contributed by atoms with Gasteiger partial charge in [0.2, 0.25) is 5.91 Å². The Balaban J connectivity index is 1.64. The molecule has 1 atom stereocenters. The average molecular weight is 372 g/mol. The van der Waals surface area contributed by atoms with Crippen LogP contribution in [0.4, 0.5) is 0 Å². The largest absolute Gasteiger partial charge is 0.378 e. The van der Waals surface area contributed by atoms with E-state index in [2.05, 4.69) is 15.4 Å². The third-order valence-corrected chi connectivity index (χ3v) is 5.12. The topological polar surface area (TPSA) is 92.1 Å². The van der Waals surface area contributed by atoms with Gasteiger partial charge in [0.15, 0.2) is 5.65 Å². The lowest BCUT2D eigenvalue weighted by Gasteiger charge is -2.38. The number of morpholine rings is 1. The van der Waals surface area contributed by atoms with Gasteiger partial charge in [-0.05, 0) is 19.9 Å². The van der Waals surface area contributed by atoms with E-state index in [0.717, 1.165) is 11.4 Å². The Labute approximate surface area is 157 Å². The van der Waals surface area contributed by atoms with Gasteiger partial charge in [-0.15, -0.1) is 0 Å². The first kappa shape index (κ1) is 17.9. The Hall–Kier alpha value is -2.52. The standard InChI is InChI=1S/C18H24N6O3/c1-12-9-13(2)24-16(21-12)14(10-20-24)17(25)23-4-3-19-11-15(23)18(26)22-5-7-27-8-6-22/h9-10,15,19H,3-8,11H2,1-2H3/t15-/m1/s1. The predicted molar refractivity (Wildman–Crippen MR) is 97.6 cm³/mol. The molecule has 2 saturated heterocycles. The number of ether oxygens (including phenoxy) is 1. The van der Waals surface area contributed by atoms with E-state index in [0.29, 0.717) is 57.1 Å². The molecule has 2 amide bonds. The maximum Gasteiger partial charge on any atom is 0.260 e. The smallest absolute Gasteiger partial charge is 0.260 e. The third kappa shape index (κ3) is 3.28. The van der Waals surface area contributed by atoms with Crippen LogP contribution in [0.2, 0.25) is 0 Å².